The molecule has 18 heavy (non-hydrogen) atoms. The molecule has 0 aliphatic carbocycles. The van der Waals surface area contributed by atoms with Crippen LogP contribution in [0, 0.1) is 5.82 Å². The van der Waals surface area contributed by atoms with Gasteiger partial charge < -0.3 is 15.4 Å². The number of methoxy groups -OCH3 is 1. The summed E-state index contributed by atoms with van der Waals surface area (Å²) in [5.41, 5.74) is 0.690. The number of halogens is 1. The molecule has 1 aromatic rings. The molecule has 1 fully saturated rings. The average molecular weight is 252 g/mol. The Morgan fingerprint density at radius 2 is 2.28 bits per heavy atom. The maximum absolute atomic E-state index is 13.3. The van der Waals surface area contributed by atoms with E-state index in [0.29, 0.717) is 5.69 Å². The van der Waals surface area contributed by atoms with E-state index >= 15 is 0 Å². The van der Waals surface area contributed by atoms with E-state index in [1.807, 2.05) is 0 Å². The molecule has 0 aromatic heterocycles. The number of rotatable bonds is 3. The molecule has 2 N–H and O–H groups in total. The molecule has 1 atom stereocenters. The van der Waals surface area contributed by atoms with Crippen molar-refractivity contribution < 1.29 is 13.9 Å². The van der Waals surface area contributed by atoms with Gasteiger partial charge >= 0.3 is 0 Å². The highest BCUT2D eigenvalue weighted by Gasteiger charge is 2.20. The Morgan fingerprint density at radius 1 is 1.44 bits per heavy atom. The van der Waals surface area contributed by atoms with Crippen LogP contribution >= 0.6 is 0 Å². The van der Waals surface area contributed by atoms with Crippen molar-refractivity contribution in [1.82, 2.24) is 5.32 Å². The van der Waals surface area contributed by atoms with Gasteiger partial charge in [0.1, 0.15) is 6.04 Å². The van der Waals surface area contributed by atoms with E-state index < -0.39 is 5.82 Å². The van der Waals surface area contributed by atoms with Crippen LogP contribution in [0.25, 0.3) is 0 Å². The number of carbonyl (C=O) groups excluding carboxylic acids is 1. The van der Waals surface area contributed by atoms with E-state index in [-0.39, 0.29) is 17.7 Å². The van der Waals surface area contributed by atoms with Crippen LogP contribution in [0.2, 0.25) is 0 Å². The number of hydrogen-bond acceptors (Lipinski definition) is 3. The van der Waals surface area contributed by atoms with Crippen LogP contribution in [0.15, 0.2) is 18.2 Å². The second-order valence-corrected chi connectivity index (χ2v) is 4.33. The van der Waals surface area contributed by atoms with E-state index in [4.69, 9.17) is 4.74 Å². The maximum atomic E-state index is 13.3. The smallest absolute Gasteiger partial charge is 0.242 e. The largest absolute Gasteiger partial charge is 0.494 e. The van der Waals surface area contributed by atoms with Crippen molar-refractivity contribution in [3.63, 3.8) is 0 Å². The van der Waals surface area contributed by atoms with E-state index in [9.17, 15) is 9.18 Å². The third-order valence-corrected chi connectivity index (χ3v) is 3.03. The summed E-state index contributed by atoms with van der Waals surface area (Å²) < 4.78 is 18.2. The number of benzene rings is 1. The van der Waals surface area contributed by atoms with Crippen molar-refractivity contribution in [2.24, 2.45) is 0 Å². The van der Waals surface area contributed by atoms with Gasteiger partial charge in [-0.2, -0.15) is 0 Å². The fourth-order valence-electron chi connectivity index (χ4n) is 2.03. The Bertz CT molecular complexity index is 437. The van der Waals surface area contributed by atoms with E-state index in [2.05, 4.69) is 10.6 Å². The Hall–Kier alpha value is -1.78. The predicted molar refractivity (Wildman–Crippen MR) is 67.2 cm³/mol. The fourth-order valence-corrected chi connectivity index (χ4v) is 2.03. The lowest BCUT2D eigenvalue weighted by Gasteiger charge is -2.17. The van der Waals surface area contributed by atoms with Crippen molar-refractivity contribution >= 4 is 11.6 Å². The zero-order valence-corrected chi connectivity index (χ0v) is 10.3. The van der Waals surface area contributed by atoms with Gasteiger partial charge in [-0.25, -0.2) is 4.39 Å². The lowest BCUT2D eigenvalue weighted by molar-refractivity contribution is -0.121. The summed E-state index contributed by atoms with van der Waals surface area (Å²) in [6, 6.07) is 4.24. The molecule has 1 heterocycles. The molecule has 1 saturated heterocycles. The third-order valence-electron chi connectivity index (χ3n) is 3.03. The molecule has 0 radical (unpaired) electrons. The van der Waals surface area contributed by atoms with Gasteiger partial charge in [0.15, 0.2) is 11.6 Å². The minimum atomic E-state index is -0.409. The van der Waals surface area contributed by atoms with E-state index in [1.165, 1.54) is 13.2 Å². The van der Waals surface area contributed by atoms with Crippen molar-refractivity contribution in [1.29, 1.82) is 0 Å². The highest BCUT2D eigenvalue weighted by molar-refractivity contribution is 5.84. The van der Waals surface area contributed by atoms with Crippen molar-refractivity contribution in [3.05, 3.63) is 24.0 Å². The molecular weight excluding hydrogens is 235 g/mol. The minimum absolute atomic E-state index is 0.00390. The van der Waals surface area contributed by atoms with Crippen LogP contribution < -0.4 is 15.4 Å². The van der Waals surface area contributed by atoms with E-state index in [0.717, 1.165) is 25.8 Å². The highest BCUT2D eigenvalue weighted by atomic mass is 19.1. The first-order chi connectivity index (χ1) is 8.70. The number of anilines is 1. The van der Waals surface area contributed by atoms with Crippen LogP contribution in [0.1, 0.15) is 19.3 Å². The van der Waals surface area contributed by atoms with Crippen LogP contribution in [-0.4, -0.2) is 25.6 Å². The lowest BCUT2D eigenvalue weighted by Crippen LogP contribution is -2.37. The first kappa shape index (κ1) is 12.7. The topological polar surface area (TPSA) is 50.4 Å². The SMILES string of the molecule is COc1cc(NC2CCCCNC2=O)ccc1F. The Balaban J connectivity index is 2.10. The summed E-state index contributed by atoms with van der Waals surface area (Å²) >= 11 is 0. The second-order valence-electron chi connectivity index (χ2n) is 4.33. The average Bonchev–Trinajstić information content (AvgIpc) is 2.57. The molecule has 0 spiro atoms. The molecule has 1 amide bonds. The van der Waals surface area contributed by atoms with Gasteiger partial charge in [0.05, 0.1) is 7.11 Å². The quantitative estimate of drug-likeness (QED) is 0.864. The molecule has 4 nitrogen and oxygen atoms in total. The predicted octanol–water partition coefficient (Wildman–Crippen LogP) is 1.91. The van der Waals surface area contributed by atoms with Gasteiger partial charge in [0, 0.05) is 18.3 Å². The van der Waals surface area contributed by atoms with Gasteiger partial charge in [-0.1, -0.05) is 0 Å². The monoisotopic (exact) mass is 252 g/mol. The molecule has 5 heteroatoms. The van der Waals surface area contributed by atoms with Crippen LogP contribution in [0.4, 0.5) is 10.1 Å². The summed E-state index contributed by atoms with van der Waals surface area (Å²) in [4.78, 5) is 11.8. The Labute approximate surface area is 106 Å². The first-order valence-corrected chi connectivity index (χ1v) is 6.08. The minimum Gasteiger partial charge on any atom is -0.494 e. The molecule has 1 aliphatic rings. The molecule has 98 valence electrons. The molecule has 0 saturated carbocycles. The Kier molecular flexibility index (Phi) is 4.02. The van der Waals surface area contributed by atoms with Gasteiger partial charge in [0.2, 0.25) is 5.91 Å². The van der Waals surface area contributed by atoms with Gasteiger partial charge in [0.25, 0.3) is 0 Å². The number of nitrogens with one attached hydrogen (secondary N) is 2. The fraction of sp³-hybridized carbons (Fsp3) is 0.462. The van der Waals surface area contributed by atoms with Crippen LogP contribution in [0.5, 0.6) is 5.75 Å². The summed E-state index contributed by atoms with van der Waals surface area (Å²) in [6.45, 7) is 0.726. The standard InChI is InChI=1S/C13H17FN2O2/c1-18-12-8-9(5-6-10(12)14)16-11-4-2-3-7-15-13(11)17/h5-6,8,11,16H,2-4,7H2,1H3,(H,15,17). The molecule has 1 unspecified atom stereocenters. The van der Waals surface area contributed by atoms with Crippen LogP contribution in [0.3, 0.4) is 0 Å². The number of ether oxygens (including phenoxy) is 1. The summed E-state index contributed by atoms with van der Waals surface area (Å²) in [7, 11) is 1.42. The van der Waals surface area contributed by atoms with E-state index in [1.54, 1.807) is 12.1 Å². The molecule has 1 aromatic carbocycles. The number of hydrogen-bond donors (Lipinski definition) is 2. The summed E-state index contributed by atoms with van der Waals surface area (Å²) in [5, 5.41) is 5.96. The molecule has 2 rings (SSSR count). The van der Waals surface area contributed by atoms with Crippen molar-refractivity contribution in [2.75, 3.05) is 19.0 Å². The second kappa shape index (κ2) is 5.71. The van der Waals surface area contributed by atoms with Gasteiger partial charge in [-0.3, -0.25) is 4.79 Å². The van der Waals surface area contributed by atoms with Crippen LogP contribution in [-0.2, 0) is 4.79 Å². The van der Waals surface area contributed by atoms with Crippen molar-refractivity contribution in [3.8, 4) is 5.75 Å². The normalized spacial score (nSPS) is 19.9. The molecular formula is C13H17FN2O2. The summed E-state index contributed by atoms with van der Waals surface area (Å²) in [5.74, 6) is -0.238. The zero-order valence-electron chi connectivity index (χ0n) is 10.3. The first-order valence-electron chi connectivity index (χ1n) is 6.08. The number of amides is 1. The van der Waals surface area contributed by atoms with Crippen molar-refractivity contribution in [2.45, 2.75) is 25.3 Å². The number of carbonyl (C=O) groups is 1. The summed E-state index contributed by atoms with van der Waals surface area (Å²) in [6.07, 6.45) is 2.77. The zero-order chi connectivity index (χ0) is 13.0. The van der Waals surface area contributed by atoms with Gasteiger partial charge in [-0.05, 0) is 31.4 Å². The molecule has 1 aliphatic heterocycles. The highest BCUT2D eigenvalue weighted by Crippen LogP contribution is 2.22. The molecule has 0 bridgehead atoms. The lowest BCUT2D eigenvalue weighted by atomic mass is 10.1. The Morgan fingerprint density at radius 3 is 3.06 bits per heavy atom. The van der Waals surface area contributed by atoms with Gasteiger partial charge in [-0.15, -0.1) is 0 Å². The maximum Gasteiger partial charge on any atom is 0.242 e. The third kappa shape index (κ3) is 2.91.